The fourth-order valence-corrected chi connectivity index (χ4v) is 7.33. The average molecular weight is 576 g/mol. The summed E-state index contributed by atoms with van der Waals surface area (Å²) in [6, 6.07) is 25.1. The van der Waals surface area contributed by atoms with Gasteiger partial charge >= 0.3 is 0 Å². The van der Waals surface area contributed by atoms with Crippen LogP contribution in [0.3, 0.4) is 0 Å². The largest absolute Gasteiger partial charge is 0.493 e. The Bertz CT molecular complexity index is 1780. The molecule has 2 aliphatic heterocycles. The molecule has 0 saturated carbocycles. The predicted octanol–water partition coefficient (Wildman–Crippen LogP) is 6.67. The van der Waals surface area contributed by atoms with Crippen molar-refractivity contribution >= 4 is 40.7 Å². The number of rotatable bonds is 5. The maximum atomic E-state index is 14.8. The molecule has 1 spiro atoms. The lowest BCUT2D eigenvalue weighted by Gasteiger charge is -2.37. The standard InChI is InChI=1S/C35H26ClNO5/c1-41-27-13-7-11-25(32(27)42-2)29-30(31(38)21-14-17-22(36)18-15-21)37-26-12-6-3-8-20(26)16-19-28(37)35(29)33(39)23-9-4-5-10-24(23)34(35)40/h3-19,28-30H,1-2H3/t28-,29+,30+/m1/s1. The smallest absolute Gasteiger partial charge is 0.185 e. The number of halogens is 1. The molecule has 0 bridgehead atoms. The Kier molecular flexibility index (Phi) is 6.06. The Morgan fingerprint density at radius 3 is 2.14 bits per heavy atom. The predicted molar refractivity (Wildman–Crippen MR) is 161 cm³/mol. The summed E-state index contributed by atoms with van der Waals surface area (Å²) in [5, 5.41) is 0.501. The van der Waals surface area contributed by atoms with Gasteiger partial charge in [-0.1, -0.05) is 78.4 Å². The highest BCUT2D eigenvalue weighted by atomic mass is 35.5. The van der Waals surface area contributed by atoms with E-state index in [0.29, 0.717) is 38.8 Å². The van der Waals surface area contributed by atoms with Crippen LogP contribution in [0.15, 0.2) is 97.1 Å². The molecule has 1 saturated heterocycles. The van der Waals surface area contributed by atoms with E-state index in [9.17, 15) is 14.4 Å². The van der Waals surface area contributed by atoms with Crippen LogP contribution in [-0.2, 0) is 0 Å². The van der Waals surface area contributed by atoms with Gasteiger partial charge in [0.25, 0.3) is 0 Å². The molecule has 3 aliphatic rings. The third kappa shape index (κ3) is 3.42. The van der Waals surface area contributed by atoms with Crippen molar-refractivity contribution in [2.45, 2.75) is 18.0 Å². The molecule has 208 valence electrons. The summed E-state index contributed by atoms with van der Waals surface area (Å²) < 4.78 is 11.5. The minimum atomic E-state index is -1.64. The SMILES string of the molecule is COc1cccc([C@H]2[C@@H](C(=O)c3ccc(Cl)cc3)N3c4ccccc4C=C[C@@H]3C23C(=O)c2ccccc2C3=O)c1OC. The molecular formula is C35H26ClNO5. The second-order valence-corrected chi connectivity index (χ2v) is 11.2. The first-order chi connectivity index (χ1) is 20.4. The molecule has 6 nitrogen and oxygen atoms in total. The number of fused-ring (bicyclic) bond motifs is 5. The molecule has 0 unspecified atom stereocenters. The Balaban J connectivity index is 1.58. The summed E-state index contributed by atoms with van der Waals surface area (Å²) in [4.78, 5) is 46.4. The average Bonchev–Trinajstić information content (AvgIpc) is 3.46. The number of carbonyl (C=O) groups is 3. The number of methoxy groups -OCH3 is 2. The van der Waals surface area contributed by atoms with Crippen LogP contribution in [-0.4, -0.2) is 43.7 Å². The normalized spacial score (nSPS) is 21.2. The van der Waals surface area contributed by atoms with Crippen molar-refractivity contribution in [3.63, 3.8) is 0 Å². The Hall–Kier alpha value is -4.68. The number of carbonyl (C=O) groups excluding carboxylic acids is 3. The van der Waals surface area contributed by atoms with E-state index in [1.165, 1.54) is 14.2 Å². The summed E-state index contributed by atoms with van der Waals surface area (Å²) in [5.74, 6) is -0.929. The zero-order valence-corrected chi connectivity index (χ0v) is 23.7. The molecule has 3 atom stereocenters. The molecule has 0 aromatic heterocycles. The minimum absolute atomic E-state index is 0.231. The molecule has 7 rings (SSSR count). The third-order valence-electron chi connectivity index (χ3n) is 8.88. The quantitative estimate of drug-likeness (QED) is 0.195. The van der Waals surface area contributed by atoms with Crippen LogP contribution in [0.1, 0.15) is 48.1 Å². The fourth-order valence-electron chi connectivity index (χ4n) is 7.20. The van der Waals surface area contributed by atoms with Crippen LogP contribution < -0.4 is 14.4 Å². The van der Waals surface area contributed by atoms with Gasteiger partial charge in [-0.3, -0.25) is 14.4 Å². The number of nitrogens with zero attached hydrogens (tertiary/aromatic N) is 1. The van der Waals surface area contributed by atoms with Crippen molar-refractivity contribution in [2.24, 2.45) is 5.41 Å². The zero-order valence-electron chi connectivity index (χ0n) is 22.9. The van der Waals surface area contributed by atoms with Gasteiger partial charge in [-0.05, 0) is 42.0 Å². The van der Waals surface area contributed by atoms with Crippen molar-refractivity contribution in [3.05, 3.63) is 130 Å². The number of hydrogen-bond donors (Lipinski definition) is 0. The Labute approximate surface area is 248 Å². The van der Waals surface area contributed by atoms with Crippen LogP contribution in [0, 0.1) is 5.41 Å². The summed E-state index contributed by atoms with van der Waals surface area (Å²) in [5.41, 5.74) is 1.74. The molecule has 1 aliphatic carbocycles. The number of para-hydroxylation sites is 2. The van der Waals surface area contributed by atoms with E-state index in [0.717, 1.165) is 11.3 Å². The van der Waals surface area contributed by atoms with E-state index in [1.54, 1.807) is 60.7 Å². The topological polar surface area (TPSA) is 72.9 Å². The van der Waals surface area contributed by atoms with E-state index in [-0.39, 0.29) is 17.3 Å². The first-order valence-electron chi connectivity index (χ1n) is 13.7. The van der Waals surface area contributed by atoms with E-state index >= 15 is 0 Å². The van der Waals surface area contributed by atoms with Crippen LogP contribution in [0.25, 0.3) is 6.08 Å². The van der Waals surface area contributed by atoms with E-state index in [1.807, 2.05) is 47.4 Å². The van der Waals surface area contributed by atoms with Crippen LogP contribution in [0.4, 0.5) is 5.69 Å². The third-order valence-corrected chi connectivity index (χ3v) is 9.13. The van der Waals surface area contributed by atoms with Gasteiger partial charge in [-0.2, -0.15) is 0 Å². The number of hydrogen-bond acceptors (Lipinski definition) is 6. The number of ketones is 3. The molecular weight excluding hydrogens is 550 g/mol. The van der Waals surface area contributed by atoms with Gasteiger partial charge in [0, 0.05) is 38.9 Å². The first kappa shape index (κ1) is 26.2. The van der Waals surface area contributed by atoms with Gasteiger partial charge < -0.3 is 14.4 Å². The molecule has 7 heteroatoms. The highest BCUT2D eigenvalue weighted by molar-refractivity contribution is 6.32. The van der Waals surface area contributed by atoms with Gasteiger partial charge in [0.1, 0.15) is 11.5 Å². The fraction of sp³-hybridized carbons (Fsp3) is 0.171. The number of anilines is 1. The monoisotopic (exact) mass is 575 g/mol. The van der Waals surface area contributed by atoms with Gasteiger partial charge in [-0.15, -0.1) is 0 Å². The van der Waals surface area contributed by atoms with Crippen molar-refractivity contribution in [2.75, 3.05) is 19.1 Å². The second kappa shape index (κ2) is 9.71. The van der Waals surface area contributed by atoms with Crippen LogP contribution in [0.5, 0.6) is 11.5 Å². The molecule has 4 aromatic carbocycles. The van der Waals surface area contributed by atoms with Gasteiger partial charge in [0.05, 0.1) is 20.3 Å². The van der Waals surface area contributed by atoms with Gasteiger partial charge in [-0.25, -0.2) is 0 Å². The van der Waals surface area contributed by atoms with Crippen molar-refractivity contribution < 1.29 is 23.9 Å². The summed E-state index contributed by atoms with van der Waals surface area (Å²) in [7, 11) is 3.06. The second-order valence-electron chi connectivity index (χ2n) is 10.7. The van der Waals surface area contributed by atoms with Crippen molar-refractivity contribution in [1.82, 2.24) is 0 Å². The lowest BCUT2D eigenvalue weighted by atomic mass is 9.64. The highest BCUT2D eigenvalue weighted by Crippen LogP contribution is 2.62. The van der Waals surface area contributed by atoms with E-state index in [2.05, 4.69) is 0 Å². The number of ether oxygens (including phenoxy) is 2. The lowest BCUT2D eigenvalue weighted by molar-refractivity contribution is 0.0664. The molecule has 42 heavy (non-hydrogen) atoms. The first-order valence-corrected chi connectivity index (χ1v) is 14.1. The minimum Gasteiger partial charge on any atom is -0.493 e. The van der Waals surface area contributed by atoms with E-state index < -0.39 is 23.4 Å². The lowest BCUT2D eigenvalue weighted by Crippen LogP contribution is -2.48. The maximum absolute atomic E-state index is 14.8. The highest BCUT2D eigenvalue weighted by Gasteiger charge is 2.72. The molecule has 0 N–H and O–H groups in total. The zero-order chi connectivity index (χ0) is 29.2. The molecule has 1 fully saturated rings. The van der Waals surface area contributed by atoms with Crippen LogP contribution >= 0.6 is 11.6 Å². The van der Waals surface area contributed by atoms with E-state index in [4.69, 9.17) is 21.1 Å². The summed E-state index contributed by atoms with van der Waals surface area (Å²) >= 11 is 6.19. The van der Waals surface area contributed by atoms with Crippen molar-refractivity contribution in [1.29, 1.82) is 0 Å². The molecule has 0 amide bonds. The van der Waals surface area contributed by atoms with Gasteiger partial charge in [0.15, 0.2) is 28.8 Å². The molecule has 0 radical (unpaired) electrons. The summed E-state index contributed by atoms with van der Waals surface area (Å²) in [6.45, 7) is 0. The number of Topliss-reactive ketones (excluding diaryl/α,β-unsaturated/α-hetero) is 3. The molecule has 2 heterocycles. The van der Waals surface area contributed by atoms with Gasteiger partial charge in [0.2, 0.25) is 0 Å². The maximum Gasteiger partial charge on any atom is 0.185 e. The summed E-state index contributed by atoms with van der Waals surface area (Å²) in [6.07, 6.45) is 3.84. The Morgan fingerprint density at radius 1 is 0.810 bits per heavy atom. The molecule has 4 aromatic rings. The number of benzene rings is 4. The Morgan fingerprint density at radius 2 is 1.48 bits per heavy atom. The van der Waals surface area contributed by atoms with Crippen molar-refractivity contribution in [3.8, 4) is 11.5 Å². The van der Waals surface area contributed by atoms with Crippen LogP contribution in [0.2, 0.25) is 5.02 Å².